The number of hydrogen-bond donors (Lipinski definition) is 4. The summed E-state index contributed by atoms with van der Waals surface area (Å²) in [4.78, 5) is 0. The Hall–Kier alpha value is -5.84. The summed E-state index contributed by atoms with van der Waals surface area (Å²) in [6.45, 7) is 12.7. The van der Waals surface area contributed by atoms with Gasteiger partial charge in [0.1, 0.15) is 48.8 Å². The third-order valence-electron chi connectivity index (χ3n) is 16.4. The molecule has 16 heteroatoms. The van der Waals surface area contributed by atoms with Crippen LogP contribution in [0.3, 0.4) is 0 Å². The van der Waals surface area contributed by atoms with E-state index in [0.717, 1.165) is 33.4 Å². The van der Waals surface area contributed by atoms with Crippen molar-refractivity contribution < 1.29 is 77.3 Å². The number of aliphatic hydroxyl groups is 4. The van der Waals surface area contributed by atoms with Crippen LogP contribution in [0.2, 0.25) is 0 Å². The monoisotopic (exact) mass is 1240 g/mol. The van der Waals surface area contributed by atoms with Crippen molar-refractivity contribution in [2.45, 2.75) is 177 Å². The van der Waals surface area contributed by atoms with Crippen LogP contribution in [0.4, 0.5) is 0 Å². The Morgan fingerprint density at radius 1 is 0.367 bits per heavy atom. The first-order valence-corrected chi connectivity index (χ1v) is 31.7. The fraction of sp³-hybridized carbons (Fsp3) is 0.459. The summed E-state index contributed by atoms with van der Waals surface area (Å²) in [7, 11) is 0. The predicted molar refractivity (Wildman–Crippen MR) is 342 cm³/mol. The second-order valence-electron chi connectivity index (χ2n) is 23.0. The van der Waals surface area contributed by atoms with Crippen molar-refractivity contribution >= 4 is 0 Å². The van der Waals surface area contributed by atoms with E-state index in [1.54, 1.807) is 26.0 Å². The van der Waals surface area contributed by atoms with E-state index in [9.17, 15) is 20.4 Å². The van der Waals surface area contributed by atoms with E-state index >= 15 is 0 Å². The number of hydrogen-bond acceptors (Lipinski definition) is 16. The van der Waals surface area contributed by atoms with Crippen molar-refractivity contribution in [1.82, 2.24) is 0 Å². The number of rotatable bonds is 41. The van der Waals surface area contributed by atoms with Gasteiger partial charge in [-0.2, -0.15) is 0 Å². The van der Waals surface area contributed by atoms with Gasteiger partial charge in [-0.15, -0.1) is 13.2 Å². The molecule has 2 fully saturated rings. The number of ether oxygens (including phenoxy) is 12. The molecule has 0 amide bonds. The molecule has 0 radical (unpaired) electrons. The zero-order valence-electron chi connectivity index (χ0n) is 52.2. The molecule has 8 rings (SSSR count). The van der Waals surface area contributed by atoms with Crippen molar-refractivity contribution in [3.8, 4) is 0 Å². The lowest BCUT2D eigenvalue weighted by Gasteiger charge is -2.60. The molecular weight excluding hydrogens is 1140 g/mol. The second-order valence-corrected chi connectivity index (χ2v) is 23.0. The highest BCUT2D eigenvalue weighted by molar-refractivity contribution is 5.23. The molecule has 0 aromatic heterocycles. The summed E-state index contributed by atoms with van der Waals surface area (Å²) in [5.74, 6) is 0. The van der Waals surface area contributed by atoms with E-state index in [0.29, 0.717) is 65.0 Å². The average molecular weight is 1240 g/mol. The first kappa shape index (κ1) is 70.0. The molecule has 486 valence electrons. The van der Waals surface area contributed by atoms with Crippen LogP contribution in [0.15, 0.2) is 207 Å². The van der Waals surface area contributed by atoms with Crippen molar-refractivity contribution in [3.05, 3.63) is 241 Å². The van der Waals surface area contributed by atoms with Crippen LogP contribution in [-0.2, 0) is 96.5 Å². The topological polar surface area (TPSA) is 192 Å². The van der Waals surface area contributed by atoms with E-state index in [1.165, 1.54) is 0 Å². The number of unbranched alkanes of at least 4 members (excludes halogenated alkanes) is 4. The maximum Gasteiger partial charge on any atom is 0.189 e. The molecule has 2 aliphatic rings. The van der Waals surface area contributed by atoms with Gasteiger partial charge in [0.05, 0.1) is 65.1 Å². The number of benzene rings is 6. The zero-order chi connectivity index (χ0) is 63.2. The molecule has 6 aromatic rings. The van der Waals surface area contributed by atoms with Gasteiger partial charge in [0.15, 0.2) is 23.8 Å². The Balaban J connectivity index is 1.31. The Morgan fingerprint density at radius 3 is 0.878 bits per heavy atom. The van der Waals surface area contributed by atoms with Gasteiger partial charge < -0.3 is 77.3 Å². The van der Waals surface area contributed by atoms with E-state index in [-0.39, 0.29) is 52.9 Å². The quantitative estimate of drug-likeness (QED) is 0.0161. The van der Waals surface area contributed by atoms with E-state index in [1.807, 2.05) is 182 Å². The van der Waals surface area contributed by atoms with Crippen molar-refractivity contribution in [2.24, 2.45) is 0 Å². The van der Waals surface area contributed by atoms with E-state index in [4.69, 9.17) is 56.8 Å². The van der Waals surface area contributed by atoms with Crippen molar-refractivity contribution in [3.63, 3.8) is 0 Å². The van der Waals surface area contributed by atoms with Gasteiger partial charge in [0.2, 0.25) is 0 Å². The Bertz CT molecular complexity index is 2680. The van der Waals surface area contributed by atoms with Gasteiger partial charge in [0, 0.05) is 26.4 Å². The predicted octanol–water partition coefficient (Wildman–Crippen LogP) is 11.0. The van der Waals surface area contributed by atoms with Gasteiger partial charge in [-0.25, -0.2) is 0 Å². The van der Waals surface area contributed by atoms with E-state index < -0.39 is 84.8 Å². The molecule has 16 nitrogen and oxygen atoms in total. The van der Waals surface area contributed by atoms with Crippen LogP contribution >= 0.6 is 0 Å². The highest BCUT2D eigenvalue weighted by Gasteiger charge is 2.74. The smallest absolute Gasteiger partial charge is 0.189 e. The SMILES string of the molecule is C=CCOCCCCCOC(O)[C@](O)([C@@H]1O[C@@H](C)[C@@H](OCc2ccccc2)[C@@H](OCc2ccccc2)[C@@H]1OCc1ccccc1)[C@](O)(C(O)OCCCCCOCC=C)[C@@H]1O[C@@H](C)[C@@H](OCc2ccccc2)[C@@H](OCc2ccccc2)[C@@H]1OCc1ccccc1. The summed E-state index contributed by atoms with van der Waals surface area (Å²) >= 11 is 0. The van der Waals surface area contributed by atoms with Gasteiger partial charge >= 0.3 is 0 Å². The molecule has 4 N–H and O–H groups in total. The summed E-state index contributed by atoms with van der Waals surface area (Å²) < 4.78 is 80.8. The lowest BCUT2D eigenvalue weighted by atomic mass is 9.67. The summed E-state index contributed by atoms with van der Waals surface area (Å²) in [5.41, 5.74) is -1.55. The summed E-state index contributed by atoms with van der Waals surface area (Å²) in [5, 5.41) is 56.7. The molecule has 2 unspecified atom stereocenters. The molecule has 6 aromatic carbocycles. The van der Waals surface area contributed by atoms with Gasteiger partial charge in [0.25, 0.3) is 0 Å². The van der Waals surface area contributed by atoms with Crippen molar-refractivity contribution in [1.29, 1.82) is 0 Å². The lowest BCUT2D eigenvalue weighted by molar-refractivity contribution is -0.420. The second kappa shape index (κ2) is 37.6. The molecule has 2 saturated heterocycles. The van der Waals surface area contributed by atoms with Gasteiger partial charge in [-0.1, -0.05) is 194 Å². The van der Waals surface area contributed by atoms with Crippen LogP contribution in [0.25, 0.3) is 0 Å². The molecule has 2 heterocycles. The fourth-order valence-electron chi connectivity index (χ4n) is 11.6. The minimum absolute atomic E-state index is 0.0490. The van der Waals surface area contributed by atoms with Crippen LogP contribution in [0.5, 0.6) is 0 Å². The first-order chi connectivity index (χ1) is 44.0. The maximum absolute atomic E-state index is 14.9. The fourth-order valence-corrected chi connectivity index (χ4v) is 11.6. The lowest BCUT2D eigenvalue weighted by Crippen LogP contribution is -2.84. The minimum Gasteiger partial charge on any atom is -0.379 e. The zero-order valence-corrected chi connectivity index (χ0v) is 52.2. The Kier molecular flexibility index (Phi) is 29.3. The van der Waals surface area contributed by atoms with Gasteiger partial charge in [-0.05, 0) is 85.8 Å². The van der Waals surface area contributed by atoms with Crippen LogP contribution < -0.4 is 0 Å². The highest BCUT2D eigenvalue weighted by atomic mass is 16.7. The molecule has 0 spiro atoms. The standard InChI is InChI=1S/C74H94O16/c1-5-43-79-45-27-13-29-47-81-71(75)73(77,69-67(87-53-61-39-23-11-24-40-61)65(85-51-59-35-19-9-20-36-59)63(55(3)89-69)83-49-57-31-15-7-16-32-57)74(78,72(76)82-48-30-14-28-46-80-44-6-2)70-68(88-54-62-41-25-12-26-42-62)66(86-52-60-37-21-10-22-38-60)64(56(4)90-70)84-50-58-33-17-8-18-34-58/h5-12,15-26,31-42,55-56,63-72,75-78H,1-2,13-14,27-30,43-54H2,3-4H3/t55-,56-,63+,64+,65+,66+,67-,68-,69+,70+,71?,72?,73+,74+/m0/s1. The molecule has 0 saturated carbocycles. The summed E-state index contributed by atoms with van der Waals surface area (Å²) in [6, 6.07) is 57.5. The molecule has 0 aliphatic carbocycles. The molecule has 90 heavy (non-hydrogen) atoms. The highest BCUT2D eigenvalue weighted by Crippen LogP contribution is 2.49. The van der Waals surface area contributed by atoms with Gasteiger partial charge in [-0.3, -0.25) is 0 Å². The largest absolute Gasteiger partial charge is 0.379 e. The first-order valence-electron chi connectivity index (χ1n) is 31.7. The maximum atomic E-state index is 14.9. The van der Waals surface area contributed by atoms with Crippen LogP contribution in [0, 0.1) is 0 Å². The van der Waals surface area contributed by atoms with Crippen molar-refractivity contribution in [2.75, 3.05) is 39.6 Å². The molecule has 2 aliphatic heterocycles. The van der Waals surface area contributed by atoms with Crippen LogP contribution in [-0.4, -0.2) is 145 Å². The molecule has 0 bridgehead atoms. The average Bonchev–Trinajstić information content (AvgIpc) is 0.707. The molecular formula is C74H94O16. The molecule has 14 atom stereocenters. The third-order valence-corrected chi connectivity index (χ3v) is 16.4. The van der Waals surface area contributed by atoms with Crippen LogP contribution in [0.1, 0.15) is 85.8 Å². The number of aliphatic hydroxyl groups excluding tert-OH is 2. The minimum atomic E-state index is -3.23. The summed E-state index contributed by atoms with van der Waals surface area (Å²) in [6.07, 6.45) is -10.8. The normalized spacial score (nSPS) is 23.9. The third kappa shape index (κ3) is 19.8. The Morgan fingerprint density at radius 2 is 0.611 bits per heavy atom. The van der Waals surface area contributed by atoms with E-state index in [2.05, 4.69) is 13.2 Å². The Labute approximate surface area is 532 Å².